The van der Waals surface area contributed by atoms with Gasteiger partial charge in [-0.1, -0.05) is 39.8 Å². The summed E-state index contributed by atoms with van der Waals surface area (Å²) in [4.78, 5) is 0. The predicted octanol–water partition coefficient (Wildman–Crippen LogP) is 3.63. The monoisotopic (exact) mass is 140 g/mol. The number of hydrogen-bond acceptors (Lipinski definition) is 0. The van der Waals surface area contributed by atoms with Crippen molar-refractivity contribution in [1.29, 1.82) is 0 Å². The fourth-order valence-electron chi connectivity index (χ4n) is 0.940. The number of allylic oxidation sites excluding steroid dienone is 2. The summed E-state index contributed by atoms with van der Waals surface area (Å²) in [5, 5.41) is 0. The Morgan fingerprint density at radius 3 is 1.80 bits per heavy atom. The van der Waals surface area contributed by atoms with E-state index in [-0.39, 0.29) is 0 Å². The van der Waals surface area contributed by atoms with Crippen LogP contribution >= 0.6 is 0 Å². The van der Waals surface area contributed by atoms with E-state index in [0.717, 1.165) is 5.92 Å². The Balaban J connectivity index is 3.61. The van der Waals surface area contributed by atoms with E-state index in [1.165, 1.54) is 12.8 Å². The van der Waals surface area contributed by atoms with Gasteiger partial charge in [0, 0.05) is 0 Å². The van der Waals surface area contributed by atoms with Crippen LogP contribution in [0.2, 0.25) is 0 Å². The molecule has 0 aromatic rings. The Bertz CT molecular complexity index is 86.2. The van der Waals surface area contributed by atoms with Crippen molar-refractivity contribution in [3.8, 4) is 0 Å². The number of rotatable bonds is 4. The van der Waals surface area contributed by atoms with Crippen molar-refractivity contribution >= 4 is 0 Å². The lowest BCUT2D eigenvalue weighted by Gasteiger charge is -2.05. The zero-order chi connectivity index (χ0) is 7.98. The molecule has 0 spiro atoms. The summed E-state index contributed by atoms with van der Waals surface area (Å²) in [6, 6.07) is 0. The summed E-state index contributed by atoms with van der Waals surface area (Å²) < 4.78 is 0. The summed E-state index contributed by atoms with van der Waals surface area (Å²) in [7, 11) is 0. The Hall–Kier alpha value is -0.260. The second kappa shape index (κ2) is 5.52. The summed E-state index contributed by atoms with van der Waals surface area (Å²) in [6.07, 6.45) is 7.21. The maximum Gasteiger partial charge on any atom is -0.0239 e. The van der Waals surface area contributed by atoms with E-state index in [2.05, 4.69) is 39.8 Å². The van der Waals surface area contributed by atoms with Crippen LogP contribution in [0.25, 0.3) is 0 Å². The molecule has 0 unspecified atom stereocenters. The van der Waals surface area contributed by atoms with E-state index in [0.29, 0.717) is 5.92 Å². The first-order chi connectivity index (χ1) is 4.70. The molecule has 0 rings (SSSR count). The largest absolute Gasteiger partial charge is 0.0857 e. The molecule has 0 nitrogen and oxygen atoms in total. The van der Waals surface area contributed by atoms with Crippen molar-refractivity contribution in [3.05, 3.63) is 12.2 Å². The van der Waals surface area contributed by atoms with E-state index < -0.39 is 0 Å². The molecule has 0 aliphatic heterocycles. The smallest absolute Gasteiger partial charge is 0.0239 e. The van der Waals surface area contributed by atoms with Gasteiger partial charge < -0.3 is 0 Å². The van der Waals surface area contributed by atoms with Gasteiger partial charge in [0.05, 0.1) is 0 Å². The lowest BCUT2D eigenvalue weighted by Crippen LogP contribution is -1.91. The van der Waals surface area contributed by atoms with Crippen LogP contribution in [0.15, 0.2) is 12.2 Å². The Kier molecular flexibility index (Phi) is 5.38. The minimum absolute atomic E-state index is 0.709. The third-order valence-corrected chi connectivity index (χ3v) is 1.82. The molecule has 0 saturated carbocycles. The normalized spacial score (nSPS) is 12.2. The summed E-state index contributed by atoms with van der Waals surface area (Å²) in [6.45, 7) is 8.94. The molecule has 0 aliphatic carbocycles. The molecule has 0 heteroatoms. The Morgan fingerprint density at radius 1 is 1.00 bits per heavy atom. The summed E-state index contributed by atoms with van der Waals surface area (Å²) >= 11 is 0. The first kappa shape index (κ1) is 9.74. The quantitative estimate of drug-likeness (QED) is 0.523. The Labute approximate surface area is 65.3 Å². The van der Waals surface area contributed by atoms with Gasteiger partial charge in [0.2, 0.25) is 0 Å². The molecule has 0 amide bonds. The topological polar surface area (TPSA) is 0 Å². The highest BCUT2D eigenvalue weighted by molar-refractivity contribution is 4.89. The van der Waals surface area contributed by atoms with Crippen LogP contribution in [0, 0.1) is 11.8 Å². The molecule has 10 heavy (non-hydrogen) atoms. The van der Waals surface area contributed by atoms with E-state index in [9.17, 15) is 0 Å². The molecule has 0 heterocycles. The minimum atomic E-state index is 0.709. The van der Waals surface area contributed by atoms with E-state index in [1.807, 2.05) is 0 Å². The van der Waals surface area contributed by atoms with Crippen LogP contribution in [0.4, 0.5) is 0 Å². The molecule has 0 bridgehead atoms. The summed E-state index contributed by atoms with van der Waals surface area (Å²) in [5.74, 6) is 1.52. The van der Waals surface area contributed by atoms with Gasteiger partial charge in [0.1, 0.15) is 0 Å². The molecule has 0 aromatic carbocycles. The van der Waals surface area contributed by atoms with Crippen LogP contribution in [0.5, 0.6) is 0 Å². The maximum absolute atomic E-state index is 2.35. The molecular formula is C10H20. The van der Waals surface area contributed by atoms with Crippen molar-refractivity contribution in [2.75, 3.05) is 0 Å². The molecule has 0 fully saturated rings. The van der Waals surface area contributed by atoms with E-state index >= 15 is 0 Å². The highest BCUT2D eigenvalue weighted by Gasteiger charge is 1.96. The Morgan fingerprint density at radius 2 is 1.50 bits per heavy atom. The number of hydrogen-bond donors (Lipinski definition) is 0. The van der Waals surface area contributed by atoms with Gasteiger partial charge >= 0.3 is 0 Å². The van der Waals surface area contributed by atoms with Crippen molar-refractivity contribution in [2.45, 2.75) is 40.5 Å². The molecule has 0 radical (unpaired) electrons. The predicted molar refractivity (Wildman–Crippen MR) is 48.1 cm³/mol. The zero-order valence-electron chi connectivity index (χ0n) is 7.72. The van der Waals surface area contributed by atoms with Crippen LogP contribution in [-0.2, 0) is 0 Å². The van der Waals surface area contributed by atoms with Crippen LogP contribution in [-0.4, -0.2) is 0 Å². The summed E-state index contributed by atoms with van der Waals surface area (Å²) in [5.41, 5.74) is 0. The van der Waals surface area contributed by atoms with Gasteiger partial charge in [-0.15, -0.1) is 0 Å². The molecular weight excluding hydrogens is 120 g/mol. The third kappa shape index (κ3) is 4.60. The van der Waals surface area contributed by atoms with Crippen molar-refractivity contribution in [2.24, 2.45) is 11.8 Å². The molecule has 60 valence electrons. The second-order valence-electron chi connectivity index (χ2n) is 3.21. The first-order valence-electron chi connectivity index (χ1n) is 4.39. The molecule has 0 aromatic heterocycles. The highest BCUT2D eigenvalue weighted by atomic mass is 14.0. The van der Waals surface area contributed by atoms with Gasteiger partial charge in [-0.05, 0) is 24.7 Å². The standard InChI is InChI=1S/C10H20/c1-5-10(6-2)8-7-9(3)4/h7-10H,5-6H2,1-4H3/b8-7+. The van der Waals surface area contributed by atoms with Gasteiger partial charge in [-0.2, -0.15) is 0 Å². The van der Waals surface area contributed by atoms with Crippen molar-refractivity contribution in [3.63, 3.8) is 0 Å². The van der Waals surface area contributed by atoms with E-state index in [1.54, 1.807) is 0 Å². The highest BCUT2D eigenvalue weighted by Crippen LogP contribution is 2.10. The molecule has 0 saturated heterocycles. The van der Waals surface area contributed by atoms with Crippen LogP contribution in [0.3, 0.4) is 0 Å². The van der Waals surface area contributed by atoms with Gasteiger partial charge in [-0.25, -0.2) is 0 Å². The van der Waals surface area contributed by atoms with Crippen molar-refractivity contribution < 1.29 is 0 Å². The third-order valence-electron chi connectivity index (χ3n) is 1.82. The molecule has 0 atom stereocenters. The van der Waals surface area contributed by atoms with Gasteiger partial charge in [0.25, 0.3) is 0 Å². The zero-order valence-corrected chi connectivity index (χ0v) is 7.72. The SMILES string of the molecule is CCC(/C=C/C(C)C)CC. The average Bonchev–Trinajstić information content (AvgIpc) is 1.90. The van der Waals surface area contributed by atoms with Crippen molar-refractivity contribution in [1.82, 2.24) is 0 Å². The second-order valence-corrected chi connectivity index (χ2v) is 3.21. The molecule has 0 aliphatic rings. The fraction of sp³-hybridized carbons (Fsp3) is 0.800. The average molecular weight is 140 g/mol. The molecule has 0 N–H and O–H groups in total. The van der Waals surface area contributed by atoms with E-state index in [4.69, 9.17) is 0 Å². The van der Waals surface area contributed by atoms with Crippen LogP contribution in [0.1, 0.15) is 40.5 Å². The lowest BCUT2D eigenvalue weighted by molar-refractivity contribution is 0.600. The van der Waals surface area contributed by atoms with Gasteiger partial charge in [0.15, 0.2) is 0 Å². The minimum Gasteiger partial charge on any atom is -0.0857 e. The first-order valence-corrected chi connectivity index (χ1v) is 4.39. The maximum atomic E-state index is 2.35. The lowest BCUT2D eigenvalue weighted by atomic mass is 10.0. The van der Waals surface area contributed by atoms with Crippen LogP contribution < -0.4 is 0 Å². The van der Waals surface area contributed by atoms with Gasteiger partial charge in [-0.3, -0.25) is 0 Å². The fourth-order valence-corrected chi connectivity index (χ4v) is 0.940.